The van der Waals surface area contributed by atoms with Crippen molar-refractivity contribution in [2.24, 2.45) is 4.99 Å². The summed E-state index contributed by atoms with van der Waals surface area (Å²) in [5.41, 5.74) is 0.858. The van der Waals surface area contributed by atoms with Crippen molar-refractivity contribution in [1.29, 1.82) is 0 Å². The molecule has 0 aliphatic heterocycles. The van der Waals surface area contributed by atoms with Crippen molar-refractivity contribution < 1.29 is 9.84 Å². The van der Waals surface area contributed by atoms with E-state index >= 15 is 0 Å². The van der Waals surface area contributed by atoms with Gasteiger partial charge < -0.3 is 14.8 Å². The van der Waals surface area contributed by atoms with Crippen LogP contribution in [0.2, 0.25) is 0 Å². The topological polar surface area (TPSA) is 41.8 Å². The number of hydrogen-bond acceptors (Lipinski definition) is 3. The van der Waals surface area contributed by atoms with Crippen LogP contribution >= 0.6 is 0 Å². The van der Waals surface area contributed by atoms with Gasteiger partial charge >= 0.3 is 0 Å². The van der Waals surface area contributed by atoms with Crippen molar-refractivity contribution in [3.05, 3.63) is 24.0 Å². The summed E-state index contributed by atoms with van der Waals surface area (Å²) in [7, 11) is 3.21. The predicted octanol–water partition coefficient (Wildman–Crippen LogP) is 1.40. The monoisotopic (exact) mass is 171 g/mol. The molecule has 0 bridgehead atoms. The molecule has 1 N–H and O–H groups in total. The lowest BCUT2D eigenvalue weighted by Crippen LogP contribution is -1.84. The standard InChI is InChI=1S/C7H12O2.C2H5N/c1-3-7(6-8)4-5-9-2;1-3-2/h3-5,8H,6H2,1-2H3;1H2,2H3/b5-4+,7-3+;. The molecule has 3 heteroatoms. The molecule has 3 nitrogen and oxygen atoms in total. The Kier molecular flexibility index (Phi) is 14.1. The molecule has 0 atom stereocenters. The van der Waals surface area contributed by atoms with E-state index < -0.39 is 0 Å². The van der Waals surface area contributed by atoms with E-state index in [1.807, 2.05) is 13.0 Å². The predicted molar refractivity (Wildman–Crippen MR) is 52.5 cm³/mol. The SMILES string of the molecule is C/C=C(\C=C\OC)CO.C=NC. The van der Waals surface area contributed by atoms with Gasteiger partial charge in [-0.2, -0.15) is 0 Å². The minimum absolute atomic E-state index is 0.0658. The van der Waals surface area contributed by atoms with E-state index in [0.717, 1.165) is 5.57 Å². The molecule has 0 unspecified atom stereocenters. The van der Waals surface area contributed by atoms with E-state index in [9.17, 15) is 0 Å². The Labute approximate surface area is 74.1 Å². The van der Waals surface area contributed by atoms with Crippen LogP contribution in [0.15, 0.2) is 29.0 Å². The largest absolute Gasteiger partial charge is 0.504 e. The lowest BCUT2D eigenvalue weighted by molar-refractivity contribution is 0.326. The van der Waals surface area contributed by atoms with Crippen LogP contribution in [0.5, 0.6) is 0 Å². The summed E-state index contributed by atoms with van der Waals surface area (Å²) in [6, 6.07) is 0. The highest BCUT2D eigenvalue weighted by atomic mass is 16.5. The van der Waals surface area contributed by atoms with Crippen LogP contribution in [0.4, 0.5) is 0 Å². The maximum Gasteiger partial charge on any atom is 0.0828 e. The summed E-state index contributed by atoms with van der Waals surface area (Å²) < 4.78 is 4.64. The van der Waals surface area contributed by atoms with Gasteiger partial charge in [-0.3, -0.25) is 0 Å². The van der Waals surface area contributed by atoms with Crippen LogP contribution in [0.1, 0.15) is 6.92 Å². The molecular formula is C9H17NO2. The van der Waals surface area contributed by atoms with Crippen LogP contribution in [0.25, 0.3) is 0 Å². The third-order valence-corrected chi connectivity index (χ3v) is 0.972. The molecule has 0 aliphatic rings. The minimum Gasteiger partial charge on any atom is -0.504 e. The second-order valence-electron chi connectivity index (χ2n) is 1.88. The first-order chi connectivity index (χ1) is 5.76. The normalized spacial score (nSPS) is 10.5. The van der Waals surface area contributed by atoms with Gasteiger partial charge in [0.2, 0.25) is 0 Å². The van der Waals surface area contributed by atoms with Crippen LogP contribution in [-0.4, -0.2) is 32.6 Å². The second-order valence-corrected chi connectivity index (χ2v) is 1.88. The zero-order valence-electron chi connectivity index (χ0n) is 7.95. The van der Waals surface area contributed by atoms with Gasteiger partial charge in [0, 0.05) is 7.05 Å². The van der Waals surface area contributed by atoms with E-state index in [4.69, 9.17) is 5.11 Å². The summed E-state index contributed by atoms with van der Waals surface area (Å²) >= 11 is 0. The number of methoxy groups -OCH3 is 1. The van der Waals surface area contributed by atoms with E-state index in [2.05, 4.69) is 16.4 Å². The lowest BCUT2D eigenvalue weighted by atomic mass is 10.3. The number of aliphatic hydroxyl groups excluding tert-OH is 1. The lowest BCUT2D eigenvalue weighted by Gasteiger charge is -1.91. The van der Waals surface area contributed by atoms with Gasteiger partial charge in [0.15, 0.2) is 0 Å². The Hall–Kier alpha value is -1.09. The average molecular weight is 171 g/mol. The highest BCUT2D eigenvalue weighted by Crippen LogP contribution is 1.93. The summed E-state index contributed by atoms with van der Waals surface area (Å²) in [6.45, 7) is 5.04. The Balaban J connectivity index is 0. The molecule has 12 heavy (non-hydrogen) atoms. The third kappa shape index (κ3) is 11.7. The van der Waals surface area contributed by atoms with Gasteiger partial charge in [0.1, 0.15) is 0 Å². The molecule has 0 fully saturated rings. The fourth-order valence-corrected chi connectivity index (χ4v) is 0.396. The van der Waals surface area contributed by atoms with E-state index in [1.54, 1.807) is 20.2 Å². The highest BCUT2D eigenvalue weighted by Gasteiger charge is 1.82. The number of allylic oxidation sites excluding steroid dienone is 1. The van der Waals surface area contributed by atoms with Crippen molar-refractivity contribution >= 4 is 6.72 Å². The number of rotatable bonds is 3. The molecular weight excluding hydrogens is 154 g/mol. The Morgan fingerprint density at radius 3 is 2.42 bits per heavy atom. The van der Waals surface area contributed by atoms with Crippen molar-refractivity contribution in [3.8, 4) is 0 Å². The Bertz CT molecular complexity index is 151. The Morgan fingerprint density at radius 1 is 1.67 bits per heavy atom. The smallest absolute Gasteiger partial charge is 0.0828 e. The summed E-state index contributed by atoms with van der Waals surface area (Å²) in [5, 5.41) is 8.58. The average Bonchev–Trinajstić information content (AvgIpc) is 2.08. The number of hydrogen-bond donors (Lipinski definition) is 1. The summed E-state index contributed by atoms with van der Waals surface area (Å²) in [6.07, 6.45) is 5.08. The maximum absolute atomic E-state index is 8.58. The van der Waals surface area contributed by atoms with Crippen LogP contribution in [-0.2, 0) is 4.74 Å². The Morgan fingerprint density at radius 2 is 2.17 bits per heavy atom. The van der Waals surface area contributed by atoms with Crippen molar-refractivity contribution in [2.45, 2.75) is 6.92 Å². The maximum atomic E-state index is 8.58. The van der Waals surface area contributed by atoms with Crippen molar-refractivity contribution in [3.63, 3.8) is 0 Å². The number of ether oxygens (including phenoxy) is 1. The van der Waals surface area contributed by atoms with E-state index in [0.29, 0.717) is 0 Å². The second kappa shape index (κ2) is 12.6. The zero-order chi connectivity index (χ0) is 9.82. The molecule has 0 aromatic carbocycles. The van der Waals surface area contributed by atoms with Crippen molar-refractivity contribution in [1.82, 2.24) is 0 Å². The number of aliphatic hydroxyl groups is 1. The van der Waals surface area contributed by atoms with Gasteiger partial charge in [-0.25, -0.2) is 0 Å². The zero-order valence-corrected chi connectivity index (χ0v) is 7.95. The van der Waals surface area contributed by atoms with Gasteiger partial charge in [-0.05, 0) is 25.3 Å². The molecule has 0 spiro atoms. The molecule has 0 amide bonds. The molecule has 0 aliphatic carbocycles. The summed E-state index contributed by atoms with van der Waals surface area (Å²) in [5.74, 6) is 0. The molecule has 0 radical (unpaired) electrons. The third-order valence-electron chi connectivity index (χ3n) is 0.972. The molecule has 0 saturated heterocycles. The number of aliphatic imine (C=N–C) groups is 1. The fourth-order valence-electron chi connectivity index (χ4n) is 0.396. The first-order valence-corrected chi connectivity index (χ1v) is 3.57. The van der Waals surface area contributed by atoms with Gasteiger partial charge in [0.25, 0.3) is 0 Å². The van der Waals surface area contributed by atoms with E-state index in [1.165, 1.54) is 6.26 Å². The molecule has 0 aromatic heterocycles. The molecule has 0 heterocycles. The van der Waals surface area contributed by atoms with Crippen molar-refractivity contribution in [2.75, 3.05) is 20.8 Å². The molecule has 0 rings (SSSR count). The first kappa shape index (κ1) is 13.5. The highest BCUT2D eigenvalue weighted by molar-refractivity contribution is 5.22. The minimum atomic E-state index is 0.0658. The first-order valence-electron chi connectivity index (χ1n) is 3.57. The van der Waals surface area contributed by atoms with Crippen LogP contribution in [0, 0.1) is 0 Å². The van der Waals surface area contributed by atoms with Crippen LogP contribution < -0.4 is 0 Å². The van der Waals surface area contributed by atoms with Crippen LogP contribution in [0.3, 0.4) is 0 Å². The van der Waals surface area contributed by atoms with Gasteiger partial charge in [-0.15, -0.1) is 0 Å². The molecule has 70 valence electrons. The fraction of sp³-hybridized carbons (Fsp3) is 0.444. The van der Waals surface area contributed by atoms with E-state index in [-0.39, 0.29) is 6.61 Å². The number of nitrogens with zero attached hydrogens (tertiary/aromatic N) is 1. The van der Waals surface area contributed by atoms with Gasteiger partial charge in [0.05, 0.1) is 20.0 Å². The summed E-state index contributed by atoms with van der Waals surface area (Å²) in [4.78, 5) is 3.25. The molecule has 0 aromatic rings. The molecule has 0 saturated carbocycles. The van der Waals surface area contributed by atoms with Gasteiger partial charge in [-0.1, -0.05) is 6.08 Å². The quantitative estimate of drug-likeness (QED) is 0.396.